The van der Waals surface area contributed by atoms with Crippen molar-refractivity contribution in [1.82, 2.24) is 10.2 Å². The molecule has 15 heteroatoms. The summed E-state index contributed by atoms with van der Waals surface area (Å²) < 4.78 is 38.0. The van der Waals surface area contributed by atoms with Crippen LogP contribution in [0.1, 0.15) is 32.6 Å². The maximum absolute atomic E-state index is 12.4. The average Bonchev–Trinajstić information content (AvgIpc) is 3.35. The predicted octanol–water partition coefficient (Wildman–Crippen LogP) is -1.24. The van der Waals surface area contributed by atoms with E-state index < -0.39 is 30.7 Å². The van der Waals surface area contributed by atoms with E-state index >= 15 is 0 Å². The molecule has 5 unspecified atom stereocenters. The zero-order valence-corrected chi connectivity index (χ0v) is 26.1. The lowest BCUT2D eigenvalue weighted by molar-refractivity contribution is -0.294. The van der Waals surface area contributed by atoms with Gasteiger partial charge in [0.15, 0.2) is 6.29 Å². The number of nitrogens with zero attached hydrogens (tertiary/aromatic N) is 1. The average molecular weight is 647 g/mol. The summed E-state index contributed by atoms with van der Waals surface area (Å²) in [4.78, 5) is 37.2. The third-order valence-corrected chi connectivity index (χ3v) is 7.91. The van der Waals surface area contributed by atoms with Crippen LogP contribution in [-0.2, 0) is 47.5 Å². The molecule has 0 bridgehead atoms. The first kappa shape index (κ1) is 37.4. The zero-order valence-electron chi connectivity index (χ0n) is 26.1. The van der Waals surface area contributed by atoms with E-state index in [9.17, 15) is 29.7 Å². The van der Waals surface area contributed by atoms with E-state index in [1.54, 1.807) is 6.92 Å². The fraction of sp³-hybridized carbons (Fsp3) is 0.833. The molecule has 4 N–H and O–H groups in total. The van der Waals surface area contributed by atoms with Crippen molar-refractivity contribution >= 4 is 17.7 Å². The number of hydrogen-bond donors (Lipinski definition) is 4. The minimum Gasteiger partial charge on any atom is -0.388 e. The Morgan fingerprint density at radius 1 is 0.756 bits per heavy atom. The molecule has 0 aromatic carbocycles. The van der Waals surface area contributed by atoms with Crippen molar-refractivity contribution in [3.8, 4) is 0 Å². The second kappa shape index (κ2) is 20.9. The number of aliphatic hydroxyl groups excluding tert-OH is 3. The van der Waals surface area contributed by atoms with Crippen molar-refractivity contribution in [2.45, 2.75) is 63.3 Å². The molecule has 0 aromatic rings. The lowest BCUT2D eigenvalue weighted by Gasteiger charge is -2.38. The van der Waals surface area contributed by atoms with E-state index in [1.165, 1.54) is 17.1 Å². The largest absolute Gasteiger partial charge is 0.388 e. The SMILES string of the molecule is CC1OC(OCCOCCOCCOCCOCCOCCNC(=O)C2CCC(CN3C(=O)C=CC3=O)CC2)C(O)C(O)C1O. The minimum absolute atomic E-state index is 0.0215. The van der Waals surface area contributed by atoms with Crippen LogP contribution in [-0.4, -0.2) is 154 Å². The van der Waals surface area contributed by atoms with Gasteiger partial charge in [0, 0.05) is 31.2 Å². The van der Waals surface area contributed by atoms with Gasteiger partial charge in [-0.2, -0.15) is 0 Å². The van der Waals surface area contributed by atoms with Crippen molar-refractivity contribution < 1.29 is 62.9 Å². The molecule has 3 aliphatic rings. The summed E-state index contributed by atoms with van der Waals surface area (Å²) in [6.45, 7) is 6.51. The minimum atomic E-state index is -1.33. The van der Waals surface area contributed by atoms with Crippen LogP contribution in [0.3, 0.4) is 0 Å². The van der Waals surface area contributed by atoms with Crippen molar-refractivity contribution in [3.05, 3.63) is 12.2 Å². The fourth-order valence-corrected chi connectivity index (χ4v) is 5.22. The molecule has 0 radical (unpaired) electrons. The first-order valence-corrected chi connectivity index (χ1v) is 15.8. The molecular weight excluding hydrogens is 596 g/mol. The van der Waals surface area contributed by atoms with Gasteiger partial charge in [-0.1, -0.05) is 0 Å². The molecule has 1 aliphatic carbocycles. The number of imide groups is 1. The van der Waals surface area contributed by atoms with Gasteiger partial charge in [-0.3, -0.25) is 19.3 Å². The molecule has 3 amide bonds. The molecule has 2 aliphatic heterocycles. The Labute approximate surface area is 264 Å². The molecule has 1 saturated heterocycles. The van der Waals surface area contributed by atoms with Crippen molar-refractivity contribution in [3.63, 3.8) is 0 Å². The molecule has 3 rings (SSSR count). The quantitative estimate of drug-likeness (QED) is 0.0808. The third kappa shape index (κ3) is 13.3. The number of ether oxygens (including phenoxy) is 7. The number of amides is 3. The summed E-state index contributed by atoms with van der Waals surface area (Å²) in [7, 11) is 0. The second-order valence-corrected chi connectivity index (χ2v) is 11.2. The number of carbonyl (C=O) groups excluding carboxylic acids is 3. The Bertz CT molecular complexity index is 896. The van der Waals surface area contributed by atoms with E-state index in [1.807, 2.05) is 0 Å². The van der Waals surface area contributed by atoms with Crippen LogP contribution in [0.25, 0.3) is 0 Å². The number of nitrogens with one attached hydrogen (secondary N) is 1. The summed E-state index contributed by atoms with van der Waals surface area (Å²) in [5.41, 5.74) is 0. The highest BCUT2D eigenvalue weighted by atomic mass is 16.7. The summed E-state index contributed by atoms with van der Waals surface area (Å²) in [5.74, 6) is -0.289. The second-order valence-electron chi connectivity index (χ2n) is 11.2. The summed E-state index contributed by atoms with van der Waals surface area (Å²) in [6.07, 6.45) is 0.239. The molecule has 45 heavy (non-hydrogen) atoms. The van der Waals surface area contributed by atoms with E-state index in [4.69, 9.17) is 33.2 Å². The topological polar surface area (TPSA) is 192 Å². The Morgan fingerprint density at radius 3 is 1.78 bits per heavy atom. The normalized spacial score (nSPS) is 28.6. The van der Waals surface area contributed by atoms with Crippen LogP contribution in [0.15, 0.2) is 12.2 Å². The molecule has 0 aromatic heterocycles. The highest BCUT2D eigenvalue weighted by Gasteiger charge is 2.42. The number of rotatable bonds is 22. The van der Waals surface area contributed by atoms with Crippen LogP contribution >= 0.6 is 0 Å². The number of carbonyl (C=O) groups is 3. The Balaban J connectivity index is 1.02. The smallest absolute Gasteiger partial charge is 0.253 e. The first-order chi connectivity index (χ1) is 21.8. The lowest BCUT2D eigenvalue weighted by Crippen LogP contribution is -2.57. The molecule has 1 saturated carbocycles. The fourth-order valence-electron chi connectivity index (χ4n) is 5.22. The van der Waals surface area contributed by atoms with E-state index in [0.29, 0.717) is 72.6 Å². The standard InChI is InChI=1S/C30H50N2O13/c1-21-26(35)27(36)28(37)30(45-21)44-19-18-43-17-16-42-15-14-41-13-12-40-11-10-39-9-8-31-29(38)23-4-2-22(3-5-23)20-32-24(33)6-7-25(32)34/h6-7,21-23,26-28,30,35-37H,2-5,8-20H2,1H3,(H,31,38). The van der Waals surface area contributed by atoms with E-state index in [2.05, 4.69) is 5.32 Å². The predicted molar refractivity (Wildman–Crippen MR) is 157 cm³/mol. The Morgan fingerprint density at radius 2 is 1.24 bits per heavy atom. The van der Waals surface area contributed by atoms with Gasteiger partial charge in [0.05, 0.1) is 78.8 Å². The summed E-state index contributed by atoms with van der Waals surface area (Å²) in [5, 5.41) is 32.2. The maximum Gasteiger partial charge on any atom is 0.253 e. The van der Waals surface area contributed by atoms with Gasteiger partial charge in [-0.05, 0) is 38.5 Å². The van der Waals surface area contributed by atoms with Crippen LogP contribution in [0.2, 0.25) is 0 Å². The Hall–Kier alpha value is -2.05. The highest BCUT2D eigenvalue weighted by Crippen LogP contribution is 2.30. The lowest BCUT2D eigenvalue weighted by atomic mass is 9.81. The highest BCUT2D eigenvalue weighted by molar-refractivity contribution is 6.12. The number of hydrogen-bond acceptors (Lipinski definition) is 13. The van der Waals surface area contributed by atoms with Gasteiger partial charge < -0.3 is 53.8 Å². The van der Waals surface area contributed by atoms with Crippen molar-refractivity contribution in [2.75, 3.05) is 85.8 Å². The van der Waals surface area contributed by atoms with Gasteiger partial charge in [-0.25, -0.2) is 0 Å². The monoisotopic (exact) mass is 646 g/mol. The zero-order chi connectivity index (χ0) is 32.4. The number of aliphatic hydroxyl groups is 3. The van der Waals surface area contributed by atoms with Crippen LogP contribution in [0, 0.1) is 11.8 Å². The van der Waals surface area contributed by atoms with E-state index in [0.717, 1.165) is 25.7 Å². The van der Waals surface area contributed by atoms with Gasteiger partial charge in [0.1, 0.15) is 18.3 Å². The Kier molecular flexibility index (Phi) is 17.4. The van der Waals surface area contributed by atoms with Crippen LogP contribution < -0.4 is 5.32 Å². The van der Waals surface area contributed by atoms with Gasteiger partial charge in [0.25, 0.3) is 11.8 Å². The molecule has 0 spiro atoms. The van der Waals surface area contributed by atoms with Crippen molar-refractivity contribution in [1.29, 1.82) is 0 Å². The molecule has 15 nitrogen and oxygen atoms in total. The summed E-state index contributed by atoms with van der Waals surface area (Å²) >= 11 is 0. The summed E-state index contributed by atoms with van der Waals surface area (Å²) in [6, 6.07) is 0. The first-order valence-electron chi connectivity index (χ1n) is 15.8. The molecule has 258 valence electrons. The van der Waals surface area contributed by atoms with Crippen LogP contribution in [0.4, 0.5) is 0 Å². The van der Waals surface area contributed by atoms with Crippen LogP contribution in [0.5, 0.6) is 0 Å². The van der Waals surface area contributed by atoms with Crippen molar-refractivity contribution in [2.24, 2.45) is 11.8 Å². The molecule has 2 heterocycles. The molecular formula is C30H50N2O13. The van der Waals surface area contributed by atoms with Gasteiger partial charge in [-0.15, -0.1) is 0 Å². The molecule has 5 atom stereocenters. The van der Waals surface area contributed by atoms with E-state index in [-0.39, 0.29) is 42.8 Å². The third-order valence-electron chi connectivity index (χ3n) is 7.91. The van der Waals surface area contributed by atoms with Gasteiger partial charge in [0.2, 0.25) is 5.91 Å². The maximum atomic E-state index is 12.4. The van der Waals surface area contributed by atoms with Gasteiger partial charge >= 0.3 is 0 Å². The molecule has 2 fully saturated rings.